The highest BCUT2D eigenvalue weighted by Crippen LogP contribution is 2.57. The van der Waals surface area contributed by atoms with E-state index in [1.807, 2.05) is 71.6 Å². The maximum Gasteiger partial charge on any atom is 0.407 e. The van der Waals surface area contributed by atoms with E-state index in [0.29, 0.717) is 11.3 Å². The number of anilines is 1. The van der Waals surface area contributed by atoms with Gasteiger partial charge in [-0.3, -0.25) is 4.79 Å². The van der Waals surface area contributed by atoms with Gasteiger partial charge in [0.25, 0.3) is 15.9 Å². The number of alkyl carbamates (subject to hydrolysis) is 1. The Morgan fingerprint density at radius 1 is 1.04 bits per heavy atom. The third-order valence-corrected chi connectivity index (χ3v) is 10.7. The zero-order chi connectivity index (χ0) is 33.9. The van der Waals surface area contributed by atoms with Crippen LogP contribution in [0.1, 0.15) is 80.4 Å². The van der Waals surface area contributed by atoms with Crippen molar-refractivity contribution in [1.82, 2.24) is 20.2 Å². The minimum atomic E-state index is -4.14. The van der Waals surface area contributed by atoms with E-state index in [1.165, 1.54) is 12.1 Å². The molecule has 1 aromatic heterocycles. The first kappa shape index (κ1) is 32.7. The van der Waals surface area contributed by atoms with E-state index in [9.17, 15) is 18.0 Å². The molecule has 3 aromatic rings. The van der Waals surface area contributed by atoms with Gasteiger partial charge in [-0.15, -0.1) is 0 Å². The molecule has 2 amide bonds. The molecule has 3 aliphatic rings. The van der Waals surface area contributed by atoms with E-state index in [-0.39, 0.29) is 58.3 Å². The van der Waals surface area contributed by atoms with E-state index in [1.54, 1.807) is 12.1 Å². The van der Waals surface area contributed by atoms with Crippen LogP contribution in [0.5, 0.6) is 5.88 Å². The van der Waals surface area contributed by atoms with Crippen LogP contribution in [0.4, 0.5) is 10.7 Å². The van der Waals surface area contributed by atoms with Crippen molar-refractivity contribution < 1.29 is 27.5 Å². The fourth-order valence-electron chi connectivity index (χ4n) is 7.28. The fourth-order valence-corrected chi connectivity index (χ4v) is 8.26. The van der Waals surface area contributed by atoms with Gasteiger partial charge in [-0.2, -0.15) is 4.98 Å². The Hall–Kier alpha value is -4.19. The molecule has 250 valence electrons. The van der Waals surface area contributed by atoms with Crippen LogP contribution in [-0.2, 0) is 14.8 Å². The molecular weight excluding hydrogens is 618 g/mol. The van der Waals surface area contributed by atoms with Gasteiger partial charge in [0.15, 0.2) is 0 Å². The lowest BCUT2D eigenvalue weighted by molar-refractivity contribution is -0.0752. The lowest BCUT2D eigenvalue weighted by Gasteiger charge is -2.60. The lowest BCUT2D eigenvalue weighted by Crippen LogP contribution is -2.63. The van der Waals surface area contributed by atoms with E-state index in [4.69, 9.17) is 9.47 Å². The second kappa shape index (κ2) is 11.8. The number of nitrogens with zero attached hydrogens (tertiary/aromatic N) is 3. The molecule has 6 rings (SSSR count). The summed E-state index contributed by atoms with van der Waals surface area (Å²) in [7, 11) is -4.14. The molecule has 2 saturated carbocycles. The number of hydrogen-bond acceptors (Lipinski definition) is 8. The van der Waals surface area contributed by atoms with E-state index < -0.39 is 21.7 Å². The summed E-state index contributed by atoms with van der Waals surface area (Å²) in [6.45, 7) is 13.4. The standard InChI is InChI=1S/C35H43N5O6S/c1-20-10-8-11-21(2)28(20)29-23(4)30-38-32(37-29)39-47(43,44)27-13-9-12-24(14-27)31(41)40(22(3)19-45-30)26-17-35(18-26)15-25(16-35)36-33(42)46-34(5,6)7/h8-14,22,25-26H,15-19H2,1-7H3,(H,36,42)(H,37,38,39)/t22-,25?,26?,35?/m1/s1. The number of rotatable bonds is 3. The molecule has 2 N–H and O–H groups in total. The number of sulfonamides is 1. The van der Waals surface area contributed by atoms with Gasteiger partial charge >= 0.3 is 6.09 Å². The Labute approximate surface area is 276 Å². The Kier molecular flexibility index (Phi) is 8.22. The minimum absolute atomic E-state index is 0.0349. The maximum absolute atomic E-state index is 14.1. The summed E-state index contributed by atoms with van der Waals surface area (Å²) in [4.78, 5) is 37.4. The number of carbonyl (C=O) groups is 2. The third-order valence-electron chi connectivity index (χ3n) is 9.42. The molecule has 0 radical (unpaired) electrons. The van der Waals surface area contributed by atoms with Gasteiger partial charge in [0, 0.05) is 28.8 Å². The SMILES string of the molecule is Cc1cccc(C)c1-c1nc2nc(c1C)OC[C@@H](C)N(C1CC3(CC(NC(=O)OC(C)(C)C)C3)C1)C(=O)c1cccc(c1)S(=O)(=O)N2. The summed E-state index contributed by atoms with van der Waals surface area (Å²) in [5, 5.41) is 2.97. The molecule has 1 spiro atoms. The summed E-state index contributed by atoms with van der Waals surface area (Å²) in [5.41, 5.74) is 3.86. The van der Waals surface area contributed by atoms with Gasteiger partial charge in [-0.05, 0) is 109 Å². The maximum atomic E-state index is 14.1. The summed E-state index contributed by atoms with van der Waals surface area (Å²) in [5.74, 6) is -0.115. The van der Waals surface area contributed by atoms with Crippen LogP contribution < -0.4 is 14.8 Å². The highest BCUT2D eigenvalue weighted by atomic mass is 32.2. The van der Waals surface area contributed by atoms with E-state index in [0.717, 1.165) is 42.4 Å². The molecule has 47 heavy (non-hydrogen) atoms. The van der Waals surface area contributed by atoms with Gasteiger partial charge in [0.2, 0.25) is 11.8 Å². The molecule has 2 fully saturated rings. The van der Waals surface area contributed by atoms with Gasteiger partial charge in [0.05, 0.1) is 16.6 Å². The van der Waals surface area contributed by atoms with E-state index in [2.05, 4.69) is 20.0 Å². The number of fused-ring (bicyclic) bond motifs is 4. The molecule has 11 nitrogen and oxygen atoms in total. The second-order valence-corrected chi connectivity index (χ2v) is 16.1. The van der Waals surface area contributed by atoms with Gasteiger partial charge < -0.3 is 19.7 Å². The zero-order valence-corrected chi connectivity index (χ0v) is 28.8. The van der Waals surface area contributed by atoms with Crippen molar-refractivity contribution in [2.75, 3.05) is 11.3 Å². The van der Waals surface area contributed by atoms with Crippen molar-refractivity contribution in [2.45, 2.75) is 103 Å². The predicted molar refractivity (Wildman–Crippen MR) is 178 cm³/mol. The summed E-state index contributed by atoms with van der Waals surface area (Å²) >= 11 is 0. The number of ether oxygens (including phenoxy) is 2. The molecule has 1 aliphatic heterocycles. The van der Waals surface area contributed by atoms with Crippen LogP contribution >= 0.6 is 0 Å². The van der Waals surface area contributed by atoms with Crippen molar-refractivity contribution in [3.63, 3.8) is 0 Å². The number of carbonyl (C=O) groups excluding carboxylic acids is 2. The first-order chi connectivity index (χ1) is 22.0. The molecule has 2 aliphatic carbocycles. The minimum Gasteiger partial charge on any atom is -0.475 e. The largest absolute Gasteiger partial charge is 0.475 e. The Morgan fingerprint density at radius 2 is 1.70 bits per heavy atom. The molecule has 1 atom stereocenters. The quantitative estimate of drug-likeness (QED) is 0.352. The van der Waals surface area contributed by atoms with Crippen molar-refractivity contribution in [3.05, 3.63) is 64.7 Å². The average Bonchev–Trinajstić information content (AvgIpc) is 2.94. The van der Waals surface area contributed by atoms with Crippen LogP contribution in [-0.4, -0.2) is 65.6 Å². The molecule has 2 aromatic carbocycles. The molecule has 12 heteroatoms. The molecule has 4 bridgehead atoms. The fraction of sp³-hybridized carbons (Fsp3) is 0.486. The average molecular weight is 662 g/mol. The van der Waals surface area contributed by atoms with Crippen molar-refractivity contribution in [2.24, 2.45) is 5.41 Å². The van der Waals surface area contributed by atoms with Crippen LogP contribution in [0.3, 0.4) is 0 Å². The first-order valence-corrected chi connectivity index (χ1v) is 17.6. The highest BCUT2D eigenvalue weighted by molar-refractivity contribution is 7.92. The van der Waals surface area contributed by atoms with Crippen LogP contribution in [0.15, 0.2) is 47.4 Å². The number of benzene rings is 2. The molecule has 0 unspecified atom stereocenters. The lowest BCUT2D eigenvalue weighted by atomic mass is 9.51. The number of aromatic nitrogens is 2. The summed E-state index contributed by atoms with van der Waals surface area (Å²) in [6, 6.07) is 11.6. The number of hydrogen-bond donors (Lipinski definition) is 2. The molecule has 0 saturated heterocycles. The number of nitrogens with one attached hydrogen (secondary N) is 2. The third kappa shape index (κ3) is 6.52. The van der Waals surface area contributed by atoms with Crippen LogP contribution in [0, 0.1) is 26.2 Å². The van der Waals surface area contributed by atoms with Crippen LogP contribution in [0.2, 0.25) is 0 Å². The normalized spacial score (nSPS) is 25.1. The van der Waals surface area contributed by atoms with Crippen LogP contribution in [0.25, 0.3) is 11.3 Å². The smallest absolute Gasteiger partial charge is 0.407 e. The van der Waals surface area contributed by atoms with Crippen molar-refractivity contribution in [3.8, 4) is 17.1 Å². The van der Waals surface area contributed by atoms with Gasteiger partial charge in [-0.1, -0.05) is 24.3 Å². The monoisotopic (exact) mass is 661 g/mol. The van der Waals surface area contributed by atoms with Crippen molar-refractivity contribution in [1.29, 1.82) is 0 Å². The van der Waals surface area contributed by atoms with Crippen molar-refractivity contribution >= 4 is 28.0 Å². The summed E-state index contributed by atoms with van der Waals surface area (Å²) in [6.07, 6.45) is 2.78. The number of amides is 2. The predicted octanol–water partition coefficient (Wildman–Crippen LogP) is 5.93. The molecular formula is C35H43N5O6S. The zero-order valence-electron chi connectivity index (χ0n) is 28.0. The topological polar surface area (TPSA) is 140 Å². The first-order valence-electron chi connectivity index (χ1n) is 16.1. The second-order valence-electron chi connectivity index (χ2n) is 14.4. The molecule has 2 heterocycles. The summed E-state index contributed by atoms with van der Waals surface area (Å²) < 4.78 is 41.5. The number of aryl methyl sites for hydroxylation is 2. The Bertz CT molecular complexity index is 1820. The highest BCUT2D eigenvalue weighted by Gasteiger charge is 2.56. The Balaban J connectivity index is 1.30. The Morgan fingerprint density at radius 3 is 2.36 bits per heavy atom. The van der Waals surface area contributed by atoms with E-state index >= 15 is 0 Å². The van der Waals surface area contributed by atoms with Gasteiger partial charge in [-0.25, -0.2) is 22.9 Å². The van der Waals surface area contributed by atoms with Gasteiger partial charge in [0.1, 0.15) is 12.2 Å².